The van der Waals surface area contributed by atoms with Crippen molar-refractivity contribution in [2.75, 3.05) is 19.8 Å². The Labute approximate surface area is 176 Å². The lowest BCUT2D eigenvalue weighted by Gasteiger charge is -2.39. The maximum Gasteiger partial charge on any atom is 0.460 e. The summed E-state index contributed by atoms with van der Waals surface area (Å²) in [6.45, 7) is 0.431. The van der Waals surface area contributed by atoms with E-state index in [-0.39, 0.29) is 25.7 Å². The normalized spacial score (nSPS) is 14.2. The van der Waals surface area contributed by atoms with Crippen LogP contribution in [-0.2, 0) is 4.79 Å². The van der Waals surface area contributed by atoms with E-state index in [1.165, 1.54) is 0 Å². The van der Waals surface area contributed by atoms with Crippen molar-refractivity contribution < 1.29 is 82.3 Å². The van der Waals surface area contributed by atoms with Gasteiger partial charge >= 0.3 is 35.8 Å². The number of aliphatic hydroxyl groups excluding tert-OH is 3. The fraction of sp³-hybridized carbons (Fsp3) is 0.933. The number of carbonyl (C=O) groups excluding carboxylic acids is 1. The van der Waals surface area contributed by atoms with Crippen LogP contribution in [0.1, 0.15) is 25.7 Å². The molecule has 0 rings (SSSR count). The Kier molecular flexibility index (Phi) is 11.9. The molecule has 200 valence electrons. The minimum atomic E-state index is -8.03. The predicted molar refractivity (Wildman–Crippen MR) is 79.0 cm³/mol. The van der Waals surface area contributed by atoms with E-state index in [4.69, 9.17) is 15.3 Å². The Morgan fingerprint density at radius 3 is 1.15 bits per heavy atom. The summed E-state index contributed by atoms with van der Waals surface area (Å²) >= 11 is 0. The largest absolute Gasteiger partial charge is 0.550 e. The van der Waals surface area contributed by atoms with E-state index in [0.29, 0.717) is 19.3 Å². The van der Waals surface area contributed by atoms with Crippen molar-refractivity contribution >= 4 is 5.97 Å². The highest BCUT2D eigenvalue weighted by Crippen LogP contribution is 2.60. The summed E-state index contributed by atoms with van der Waals surface area (Å²) < 4.78 is 161. The van der Waals surface area contributed by atoms with Crippen LogP contribution in [0.2, 0.25) is 0 Å². The lowest BCUT2D eigenvalue weighted by atomic mass is 9.92. The lowest BCUT2D eigenvalue weighted by Crippen LogP contribution is -2.70. The molecule has 0 fully saturated rings. The number of aliphatic hydroxyl groups is 3. The van der Waals surface area contributed by atoms with Crippen LogP contribution in [0.3, 0.4) is 0 Å². The van der Waals surface area contributed by atoms with Gasteiger partial charge in [0.2, 0.25) is 0 Å². The Morgan fingerprint density at radius 2 is 0.909 bits per heavy atom. The fourth-order valence-electron chi connectivity index (χ4n) is 2.08. The molecular formula is C15H18F13O5-. The van der Waals surface area contributed by atoms with Crippen molar-refractivity contribution in [1.29, 1.82) is 0 Å². The smallest absolute Gasteiger partial charge is 0.460 e. The number of aliphatic carboxylic acids is 1. The molecule has 5 nitrogen and oxygen atoms in total. The number of halogens is 13. The van der Waals surface area contributed by atoms with Crippen molar-refractivity contribution in [2.24, 2.45) is 5.92 Å². The second-order valence-corrected chi connectivity index (χ2v) is 6.45. The van der Waals surface area contributed by atoms with Crippen LogP contribution in [0, 0.1) is 5.92 Å². The van der Waals surface area contributed by atoms with E-state index in [9.17, 15) is 67.0 Å². The first-order valence-electron chi connectivity index (χ1n) is 8.50. The monoisotopic (exact) mass is 525 g/mol. The Morgan fingerprint density at radius 1 is 0.606 bits per heavy atom. The SMILES string of the molecule is O=C([O-])CC(F)(F)C(F)(F)C(F)(F)C(F)(F)C(F)(F)C(F)(F)F.OCCC(CCO)CCO. The molecule has 0 spiro atoms. The molecule has 0 unspecified atom stereocenters. The molecule has 0 bridgehead atoms. The number of carbonyl (C=O) groups is 1. The van der Waals surface area contributed by atoms with E-state index in [1.807, 2.05) is 0 Å². The van der Waals surface area contributed by atoms with Crippen molar-refractivity contribution in [1.82, 2.24) is 0 Å². The van der Waals surface area contributed by atoms with Crippen molar-refractivity contribution in [3.63, 3.8) is 0 Å². The van der Waals surface area contributed by atoms with Crippen molar-refractivity contribution in [2.45, 2.75) is 61.5 Å². The molecule has 33 heavy (non-hydrogen) atoms. The van der Waals surface area contributed by atoms with E-state index in [1.54, 1.807) is 0 Å². The van der Waals surface area contributed by atoms with Crippen LogP contribution in [0.15, 0.2) is 0 Å². The maximum absolute atomic E-state index is 12.8. The van der Waals surface area contributed by atoms with Gasteiger partial charge in [-0.15, -0.1) is 0 Å². The zero-order valence-electron chi connectivity index (χ0n) is 16.1. The van der Waals surface area contributed by atoms with Gasteiger partial charge in [0.1, 0.15) is 0 Å². The second kappa shape index (κ2) is 11.7. The molecule has 0 atom stereocenters. The minimum Gasteiger partial charge on any atom is -0.550 e. The molecule has 0 amide bonds. The van der Waals surface area contributed by atoms with E-state index in [0.717, 1.165) is 0 Å². The first-order valence-corrected chi connectivity index (χ1v) is 8.50. The van der Waals surface area contributed by atoms with Crippen LogP contribution in [0.25, 0.3) is 0 Å². The van der Waals surface area contributed by atoms with Gasteiger partial charge in [-0.25, -0.2) is 0 Å². The molecule has 0 aliphatic carbocycles. The summed E-state index contributed by atoms with van der Waals surface area (Å²) in [5.41, 5.74) is 0. The number of alkyl halides is 13. The molecule has 0 aliphatic heterocycles. The van der Waals surface area contributed by atoms with Gasteiger partial charge < -0.3 is 25.2 Å². The van der Waals surface area contributed by atoms with Crippen molar-refractivity contribution in [3.05, 3.63) is 0 Å². The number of carboxylic acids is 1. The average molecular weight is 525 g/mol. The third kappa shape index (κ3) is 7.46. The Balaban J connectivity index is 0. The summed E-state index contributed by atoms with van der Waals surface area (Å²) in [4.78, 5) is 9.71. The van der Waals surface area contributed by atoms with Crippen LogP contribution >= 0.6 is 0 Å². The Hall–Kier alpha value is -1.56. The zero-order chi connectivity index (χ0) is 27.1. The third-order valence-corrected chi connectivity index (χ3v) is 3.98. The highest BCUT2D eigenvalue weighted by molar-refractivity contribution is 5.65. The number of carboxylic acid groups (broad SMARTS) is 1. The third-order valence-electron chi connectivity index (χ3n) is 3.98. The molecule has 0 aliphatic rings. The van der Waals surface area contributed by atoms with Gasteiger partial charge in [0.25, 0.3) is 0 Å². The quantitative estimate of drug-likeness (QED) is 0.341. The molecule has 0 aromatic carbocycles. The minimum absolute atomic E-state index is 0.144. The highest BCUT2D eigenvalue weighted by atomic mass is 19.4. The molecule has 0 aromatic heterocycles. The van der Waals surface area contributed by atoms with Gasteiger partial charge in [-0.05, 0) is 25.2 Å². The van der Waals surface area contributed by atoms with E-state index < -0.39 is 48.2 Å². The number of hydrogen-bond acceptors (Lipinski definition) is 5. The zero-order valence-corrected chi connectivity index (χ0v) is 16.1. The topological polar surface area (TPSA) is 101 Å². The molecular weight excluding hydrogens is 507 g/mol. The molecule has 0 aromatic rings. The van der Waals surface area contributed by atoms with Gasteiger partial charge in [0, 0.05) is 25.8 Å². The molecule has 0 saturated carbocycles. The Bertz CT molecular complexity index is 593. The van der Waals surface area contributed by atoms with Crippen LogP contribution in [0.4, 0.5) is 57.1 Å². The summed E-state index contributed by atoms with van der Waals surface area (Å²) in [5.74, 6) is -40.9. The molecule has 3 N–H and O–H groups in total. The number of rotatable bonds is 12. The fourth-order valence-corrected chi connectivity index (χ4v) is 2.08. The van der Waals surface area contributed by atoms with E-state index >= 15 is 0 Å². The molecule has 0 saturated heterocycles. The highest BCUT2D eigenvalue weighted by Gasteiger charge is 2.90. The average Bonchev–Trinajstić information content (AvgIpc) is 2.60. The van der Waals surface area contributed by atoms with Gasteiger partial charge in [0.05, 0.1) is 6.42 Å². The maximum atomic E-state index is 12.8. The van der Waals surface area contributed by atoms with Gasteiger partial charge in [0.15, 0.2) is 0 Å². The molecule has 0 heterocycles. The van der Waals surface area contributed by atoms with Crippen molar-refractivity contribution in [3.8, 4) is 0 Å². The van der Waals surface area contributed by atoms with Gasteiger partial charge in [-0.3, -0.25) is 0 Å². The first-order chi connectivity index (χ1) is 14.5. The van der Waals surface area contributed by atoms with Crippen LogP contribution < -0.4 is 5.11 Å². The predicted octanol–water partition coefficient (Wildman–Crippen LogP) is 2.62. The summed E-state index contributed by atoms with van der Waals surface area (Å²) in [5, 5.41) is 35.3. The van der Waals surface area contributed by atoms with Gasteiger partial charge in [-0.2, -0.15) is 57.1 Å². The first kappa shape index (κ1) is 33.6. The van der Waals surface area contributed by atoms with E-state index in [2.05, 4.69) is 0 Å². The second-order valence-electron chi connectivity index (χ2n) is 6.45. The van der Waals surface area contributed by atoms with Crippen LogP contribution in [-0.4, -0.2) is 76.9 Å². The molecule has 0 radical (unpaired) electrons. The summed E-state index contributed by atoms with van der Waals surface area (Å²) in [7, 11) is 0. The summed E-state index contributed by atoms with van der Waals surface area (Å²) in [6.07, 6.45) is -8.80. The molecule has 18 heteroatoms. The number of hydrogen-bond donors (Lipinski definition) is 3. The standard InChI is InChI=1S/C8H3F13O2.C7H16O3/c9-3(10,1-2(22)23)4(11,12)5(13,14)6(15,16)7(17,18)8(19,20)21;8-4-1-7(2-5-9)3-6-10/h1H2,(H,22,23);7-10H,1-6H2/p-1. The van der Waals surface area contributed by atoms with Crippen LogP contribution in [0.5, 0.6) is 0 Å². The van der Waals surface area contributed by atoms with Gasteiger partial charge in [-0.1, -0.05) is 0 Å². The summed E-state index contributed by atoms with van der Waals surface area (Å²) in [6, 6.07) is 0. The lowest BCUT2D eigenvalue weighted by molar-refractivity contribution is -0.440.